The molecule has 2 heteroatoms. The van der Waals surface area contributed by atoms with E-state index in [0.717, 1.165) is 12.8 Å². The molecule has 0 saturated heterocycles. The van der Waals surface area contributed by atoms with E-state index in [4.69, 9.17) is 0 Å². The van der Waals surface area contributed by atoms with Crippen molar-refractivity contribution in [2.24, 2.45) is 0 Å². The largest absolute Gasteiger partial charge is 0.165 e. The first-order chi connectivity index (χ1) is 4.27. The molecule has 0 aromatic rings. The van der Waals surface area contributed by atoms with E-state index in [0.29, 0.717) is 0 Å². The van der Waals surface area contributed by atoms with Crippen molar-refractivity contribution in [3.05, 3.63) is 6.42 Å². The third kappa shape index (κ3) is 8.70. The highest BCUT2D eigenvalue weighted by Crippen LogP contribution is 2.10. The van der Waals surface area contributed by atoms with Gasteiger partial charge >= 0.3 is 0 Å². The number of rotatable bonds is 5. The van der Waals surface area contributed by atoms with Crippen LogP contribution < -0.4 is 0 Å². The summed E-state index contributed by atoms with van der Waals surface area (Å²) in [5.41, 5.74) is 0. The van der Waals surface area contributed by atoms with Crippen LogP contribution in [0.5, 0.6) is 0 Å². The second-order valence-electron chi connectivity index (χ2n) is 2.14. The minimum absolute atomic E-state index is 0.262. The molecule has 0 amide bonds. The number of hydrogen-bond donors (Lipinski definition) is 2. The van der Waals surface area contributed by atoms with Gasteiger partial charge in [-0.1, -0.05) is 19.8 Å². The van der Waals surface area contributed by atoms with Gasteiger partial charge in [0, 0.05) is 4.58 Å². The molecule has 0 aromatic heterocycles. The van der Waals surface area contributed by atoms with Crippen molar-refractivity contribution in [2.75, 3.05) is 0 Å². The number of unbranched alkanes of at least 4 members (excludes halogenated alkanes) is 3. The van der Waals surface area contributed by atoms with Crippen LogP contribution in [0.4, 0.5) is 0 Å². The van der Waals surface area contributed by atoms with Crippen LogP contribution in [0.1, 0.15) is 32.6 Å². The first kappa shape index (κ1) is 9.70. The lowest BCUT2D eigenvalue weighted by Crippen LogP contribution is -1.86. The van der Waals surface area contributed by atoms with Gasteiger partial charge in [0.15, 0.2) is 0 Å². The van der Waals surface area contributed by atoms with Crippen LogP contribution in [0.3, 0.4) is 0 Å². The molecule has 0 nitrogen and oxygen atoms in total. The van der Waals surface area contributed by atoms with Crippen molar-refractivity contribution in [2.45, 2.75) is 37.2 Å². The maximum Gasteiger partial charge on any atom is 0.0442 e. The molecule has 55 valence electrons. The van der Waals surface area contributed by atoms with Crippen molar-refractivity contribution >= 4 is 25.3 Å². The fraction of sp³-hybridized carbons (Fsp3) is 0.857. The zero-order valence-corrected chi connectivity index (χ0v) is 7.67. The van der Waals surface area contributed by atoms with Gasteiger partial charge in [0.25, 0.3) is 0 Å². The highest BCUT2D eigenvalue weighted by molar-refractivity contribution is 7.99. The first-order valence-electron chi connectivity index (χ1n) is 3.45. The van der Waals surface area contributed by atoms with Crippen LogP contribution in [0.2, 0.25) is 0 Å². The molecule has 0 spiro atoms. The van der Waals surface area contributed by atoms with Crippen LogP contribution in [-0.4, -0.2) is 4.58 Å². The standard InChI is InChI=1S/C7H15S2/c1-2-3-4-5-6-7(8)9/h4,7-9H,2-3,5-6H2,1H3. The van der Waals surface area contributed by atoms with Gasteiger partial charge in [-0.3, -0.25) is 0 Å². The van der Waals surface area contributed by atoms with Crippen LogP contribution >= 0.6 is 25.3 Å². The van der Waals surface area contributed by atoms with E-state index in [2.05, 4.69) is 38.6 Å². The molecule has 0 N–H and O–H groups in total. The van der Waals surface area contributed by atoms with E-state index in [1.165, 1.54) is 12.8 Å². The van der Waals surface area contributed by atoms with E-state index < -0.39 is 0 Å². The van der Waals surface area contributed by atoms with Crippen molar-refractivity contribution in [3.8, 4) is 0 Å². The lowest BCUT2D eigenvalue weighted by atomic mass is 10.2. The van der Waals surface area contributed by atoms with Crippen molar-refractivity contribution in [1.82, 2.24) is 0 Å². The molecular weight excluding hydrogens is 148 g/mol. The molecule has 1 radical (unpaired) electrons. The normalized spacial score (nSPS) is 10.7. The summed E-state index contributed by atoms with van der Waals surface area (Å²) >= 11 is 8.29. The molecule has 0 aliphatic heterocycles. The minimum atomic E-state index is 0.262. The fourth-order valence-corrected chi connectivity index (χ4v) is 0.914. The second-order valence-corrected chi connectivity index (χ2v) is 3.79. The molecule has 0 atom stereocenters. The van der Waals surface area contributed by atoms with Gasteiger partial charge in [-0.15, -0.1) is 0 Å². The summed E-state index contributed by atoms with van der Waals surface area (Å²) in [7, 11) is 0. The molecule has 0 fully saturated rings. The molecule has 0 rings (SSSR count). The summed E-state index contributed by atoms with van der Waals surface area (Å²) < 4.78 is 0.262. The summed E-state index contributed by atoms with van der Waals surface area (Å²) in [6, 6.07) is 0. The van der Waals surface area contributed by atoms with Gasteiger partial charge in [0.1, 0.15) is 0 Å². The van der Waals surface area contributed by atoms with Crippen LogP contribution in [-0.2, 0) is 0 Å². The van der Waals surface area contributed by atoms with Crippen LogP contribution in [0.15, 0.2) is 0 Å². The number of hydrogen-bond acceptors (Lipinski definition) is 2. The molecule has 0 heterocycles. The zero-order chi connectivity index (χ0) is 7.11. The zero-order valence-electron chi connectivity index (χ0n) is 5.88. The van der Waals surface area contributed by atoms with E-state index in [1.54, 1.807) is 0 Å². The smallest absolute Gasteiger partial charge is 0.0442 e. The predicted octanol–water partition coefficient (Wildman–Crippen LogP) is 2.96. The molecular formula is C7H15S2. The van der Waals surface area contributed by atoms with Crippen molar-refractivity contribution < 1.29 is 0 Å². The molecule has 0 saturated carbocycles. The summed E-state index contributed by atoms with van der Waals surface area (Å²) in [6.45, 7) is 2.19. The molecule has 0 unspecified atom stereocenters. The third-order valence-corrected chi connectivity index (χ3v) is 1.64. The van der Waals surface area contributed by atoms with E-state index >= 15 is 0 Å². The Morgan fingerprint density at radius 2 is 2.00 bits per heavy atom. The van der Waals surface area contributed by atoms with Crippen LogP contribution in [0, 0.1) is 6.42 Å². The molecule has 0 aliphatic carbocycles. The minimum Gasteiger partial charge on any atom is -0.165 e. The number of thiol groups is 2. The molecule has 0 aromatic carbocycles. The Labute approximate surface area is 69.2 Å². The summed E-state index contributed by atoms with van der Waals surface area (Å²) in [6.07, 6.45) is 7.04. The quantitative estimate of drug-likeness (QED) is 0.347. The monoisotopic (exact) mass is 163 g/mol. The predicted molar refractivity (Wildman–Crippen MR) is 50.2 cm³/mol. The highest BCUT2D eigenvalue weighted by Gasteiger charge is 1.93. The van der Waals surface area contributed by atoms with Gasteiger partial charge in [-0.2, -0.15) is 25.3 Å². The maximum absolute atomic E-state index is 4.14. The Morgan fingerprint density at radius 1 is 1.33 bits per heavy atom. The summed E-state index contributed by atoms with van der Waals surface area (Å²) in [4.78, 5) is 0. The van der Waals surface area contributed by atoms with Gasteiger partial charge in [-0.05, 0) is 19.3 Å². The van der Waals surface area contributed by atoms with E-state index in [1.807, 2.05) is 0 Å². The summed E-state index contributed by atoms with van der Waals surface area (Å²) in [5.74, 6) is 0. The maximum atomic E-state index is 4.14. The van der Waals surface area contributed by atoms with E-state index in [-0.39, 0.29) is 4.58 Å². The third-order valence-electron chi connectivity index (χ3n) is 1.12. The van der Waals surface area contributed by atoms with E-state index in [9.17, 15) is 0 Å². The Kier molecular flexibility index (Phi) is 7.34. The Hall–Kier alpha value is 0.700. The Balaban J connectivity index is 2.75. The molecule has 9 heavy (non-hydrogen) atoms. The lowest BCUT2D eigenvalue weighted by Gasteiger charge is -2.00. The molecule has 0 aliphatic rings. The highest BCUT2D eigenvalue weighted by atomic mass is 32.2. The fourth-order valence-electron chi connectivity index (χ4n) is 0.615. The second kappa shape index (κ2) is 6.81. The summed E-state index contributed by atoms with van der Waals surface area (Å²) in [5, 5.41) is 0. The van der Waals surface area contributed by atoms with Gasteiger partial charge in [0.05, 0.1) is 0 Å². The average Bonchev–Trinajstić information content (AvgIpc) is 1.80. The first-order valence-corrected chi connectivity index (χ1v) is 4.48. The van der Waals surface area contributed by atoms with Gasteiger partial charge in [-0.25, -0.2) is 0 Å². The lowest BCUT2D eigenvalue weighted by molar-refractivity contribution is 0.792. The van der Waals surface area contributed by atoms with Crippen molar-refractivity contribution in [1.29, 1.82) is 0 Å². The van der Waals surface area contributed by atoms with Crippen LogP contribution in [0.25, 0.3) is 0 Å². The Morgan fingerprint density at radius 3 is 2.44 bits per heavy atom. The average molecular weight is 163 g/mol. The molecule has 0 bridgehead atoms. The van der Waals surface area contributed by atoms with Gasteiger partial charge < -0.3 is 0 Å². The van der Waals surface area contributed by atoms with Crippen molar-refractivity contribution in [3.63, 3.8) is 0 Å². The Bertz CT molecular complexity index is 52.9. The SMILES string of the molecule is CCC[CH]CCC(S)S. The van der Waals surface area contributed by atoms with Gasteiger partial charge in [0.2, 0.25) is 0 Å². The topological polar surface area (TPSA) is 0 Å².